The molecule has 0 aromatic heterocycles. The van der Waals surface area contributed by atoms with E-state index in [9.17, 15) is 13.6 Å². The lowest BCUT2D eigenvalue weighted by Crippen LogP contribution is -2.29. The molecule has 60 valence electrons. The minimum absolute atomic E-state index is 0.201. The Bertz CT molecular complexity index is 118. The van der Waals surface area contributed by atoms with Crippen molar-refractivity contribution in [3.05, 3.63) is 0 Å². The van der Waals surface area contributed by atoms with Crippen LogP contribution in [0.15, 0.2) is 0 Å². The van der Waals surface area contributed by atoms with Crippen LogP contribution in [-0.4, -0.2) is 24.2 Å². The van der Waals surface area contributed by atoms with Crippen LogP contribution in [0, 0.1) is 5.92 Å². The summed E-state index contributed by atoms with van der Waals surface area (Å²) in [6.07, 6.45) is -3.74. The minimum Gasteiger partial charge on any atom is -0.465 e. The second-order valence-electron chi connectivity index (χ2n) is 2.00. The standard InChI is InChI=1S/C5H9F2NO2/c1-3(4(6)7)2-8-5(9)10/h3-4,8H,2H2,1H3,(H,9,10). The van der Waals surface area contributed by atoms with Crippen molar-refractivity contribution in [2.75, 3.05) is 6.54 Å². The summed E-state index contributed by atoms with van der Waals surface area (Å²) < 4.78 is 23.3. The highest BCUT2D eigenvalue weighted by Crippen LogP contribution is 2.06. The average molecular weight is 153 g/mol. The number of halogens is 2. The van der Waals surface area contributed by atoms with Gasteiger partial charge in [0.25, 0.3) is 0 Å². The summed E-state index contributed by atoms with van der Waals surface area (Å²) in [5, 5.41) is 9.85. The Morgan fingerprint density at radius 2 is 2.20 bits per heavy atom. The van der Waals surface area contributed by atoms with Gasteiger partial charge in [-0.15, -0.1) is 0 Å². The molecule has 2 N–H and O–H groups in total. The molecule has 0 aromatic carbocycles. The summed E-state index contributed by atoms with van der Waals surface area (Å²) in [5.74, 6) is -0.920. The molecule has 0 radical (unpaired) electrons. The van der Waals surface area contributed by atoms with Crippen molar-refractivity contribution in [3.63, 3.8) is 0 Å². The van der Waals surface area contributed by atoms with Crippen molar-refractivity contribution < 1.29 is 18.7 Å². The van der Waals surface area contributed by atoms with Gasteiger partial charge in [-0.05, 0) is 0 Å². The summed E-state index contributed by atoms with van der Waals surface area (Å²) in [7, 11) is 0. The van der Waals surface area contributed by atoms with Crippen LogP contribution in [-0.2, 0) is 0 Å². The molecule has 0 aromatic rings. The Morgan fingerprint density at radius 3 is 2.50 bits per heavy atom. The third-order valence-electron chi connectivity index (χ3n) is 1.01. The van der Waals surface area contributed by atoms with Gasteiger partial charge in [-0.25, -0.2) is 13.6 Å². The van der Waals surface area contributed by atoms with E-state index in [1.165, 1.54) is 6.92 Å². The molecule has 0 fully saturated rings. The highest BCUT2D eigenvalue weighted by Gasteiger charge is 2.14. The molecule has 0 heterocycles. The maximum Gasteiger partial charge on any atom is 0.404 e. The predicted octanol–water partition coefficient (Wildman–Crippen LogP) is 1.16. The van der Waals surface area contributed by atoms with Crippen molar-refractivity contribution in [1.82, 2.24) is 5.32 Å². The first-order valence-corrected chi connectivity index (χ1v) is 2.79. The normalized spacial score (nSPS) is 13.2. The third-order valence-corrected chi connectivity index (χ3v) is 1.01. The molecule has 10 heavy (non-hydrogen) atoms. The van der Waals surface area contributed by atoms with Gasteiger partial charge >= 0.3 is 6.09 Å². The fourth-order valence-corrected chi connectivity index (χ4v) is 0.337. The number of carbonyl (C=O) groups is 1. The Labute approximate surface area is 57.0 Å². The molecule has 0 saturated heterocycles. The molecule has 0 aliphatic rings. The van der Waals surface area contributed by atoms with Crippen molar-refractivity contribution in [2.24, 2.45) is 5.92 Å². The van der Waals surface area contributed by atoms with Gasteiger partial charge in [0.05, 0.1) is 0 Å². The summed E-state index contributed by atoms with van der Waals surface area (Å²) in [6.45, 7) is 1.08. The van der Waals surface area contributed by atoms with Crippen LogP contribution in [0.4, 0.5) is 13.6 Å². The highest BCUT2D eigenvalue weighted by molar-refractivity contribution is 5.64. The second kappa shape index (κ2) is 4.03. The van der Waals surface area contributed by atoms with Gasteiger partial charge < -0.3 is 10.4 Å². The van der Waals surface area contributed by atoms with Gasteiger partial charge in [0.2, 0.25) is 6.43 Å². The van der Waals surface area contributed by atoms with Crippen LogP contribution in [0.5, 0.6) is 0 Å². The maximum atomic E-state index is 11.6. The van der Waals surface area contributed by atoms with Crippen LogP contribution < -0.4 is 5.32 Å². The van der Waals surface area contributed by atoms with Gasteiger partial charge in [-0.2, -0.15) is 0 Å². The SMILES string of the molecule is CC(CNC(=O)O)C(F)F. The number of rotatable bonds is 3. The highest BCUT2D eigenvalue weighted by atomic mass is 19.3. The number of hydrogen-bond acceptors (Lipinski definition) is 1. The smallest absolute Gasteiger partial charge is 0.404 e. The van der Waals surface area contributed by atoms with Crippen LogP contribution in [0.25, 0.3) is 0 Å². The van der Waals surface area contributed by atoms with E-state index in [0.29, 0.717) is 0 Å². The third kappa shape index (κ3) is 4.05. The number of nitrogens with one attached hydrogen (secondary N) is 1. The number of alkyl halides is 2. The van der Waals surface area contributed by atoms with Crippen molar-refractivity contribution in [2.45, 2.75) is 13.3 Å². The largest absolute Gasteiger partial charge is 0.465 e. The lowest BCUT2D eigenvalue weighted by atomic mass is 10.2. The van der Waals surface area contributed by atoms with E-state index in [1.807, 2.05) is 5.32 Å². The van der Waals surface area contributed by atoms with Crippen molar-refractivity contribution >= 4 is 6.09 Å². The zero-order valence-corrected chi connectivity index (χ0v) is 5.47. The fraction of sp³-hybridized carbons (Fsp3) is 0.800. The van der Waals surface area contributed by atoms with Gasteiger partial charge in [0.1, 0.15) is 0 Å². The molecular formula is C5H9F2NO2. The molecule has 1 unspecified atom stereocenters. The van der Waals surface area contributed by atoms with E-state index in [1.54, 1.807) is 0 Å². The molecule has 5 heteroatoms. The van der Waals surface area contributed by atoms with Gasteiger partial charge in [-0.1, -0.05) is 6.92 Å². The average Bonchev–Trinajstić information content (AvgIpc) is 1.82. The monoisotopic (exact) mass is 153 g/mol. The first kappa shape index (κ1) is 9.13. The van der Waals surface area contributed by atoms with E-state index in [-0.39, 0.29) is 6.54 Å². The molecule has 0 bridgehead atoms. The minimum atomic E-state index is -2.47. The Hall–Kier alpha value is -0.870. The summed E-state index contributed by atoms with van der Waals surface area (Å²) >= 11 is 0. The summed E-state index contributed by atoms with van der Waals surface area (Å²) in [4.78, 5) is 9.77. The topological polar surface area (TPSA) is 49.3 Å². The molecule has 0 aliphatic carbocycles. The number of hydrogen-bond donors (Lipinski definition) is 2. The van der Waals surface area contributed by atoms with Crippen LogP contribution >= 0.6 is 0 Å². The van der Waals surface area contributed by atoms with Gasteiger partial charge in [0, 0.05) is 12.5 Å². The second-order valence-corrected chi connectivity index (χ2v) is 2.00. The predicted molar refractivity (Wildman–Crippen MR) is 31.2 cm³/mol. The summed E-state index contributed by atoms with van der Waals surface area (Å²) in [6, 6.07) is 0. The van der Waals surface area contributed by atoms with Crippen LogP contribution in [0.1, 0.15) is 6.92 Å². The van der Waals surface area contributed by atoms with Gasteiger partial charge in [-0.3, -0.25) is 0 Å². The molecular weight excluding hydrogens is 144 g/mol. The fourth-order valence-electron chi connectivity index (χ4n) is 0.337. The molecule has 3 nitrogen and oxygen atoms in total. The molecule has 0 aliphatic heterocycles. The van der Waals surface area contributed by atoms with E-state index >= 15 is 0 Å². The Kier molecular flexibility index (Phi) is 3.68. The zero-order valence-electron chi connectivity index (χ0n) is 5.47. The quantitative estimate of drug-likeness (QED) is 0.639. The first-order chi connectivity index (χ1) is 4.54. The van der Waals surface area contributed by atoms with Crippen molar-refractivity contribution in [1.29, 1.82) is 0 Å². The summed E-state index contributed by atoms with van der Waals surface area (Å²) in [5.41, 5.74) is 0. The molecule has 0 saturated carbocycles. The lowest BCUT2D eigenvalue weighted by Gasteiger charge is -2.08. The Balaban J connectivity index is 3.39. The molecule has 1 amide bonds. The zero-order chi connectivity index (χ0) is 8.15. The van der Waals surface area contributed by atoms with Crippen LogP contribution in [0.3, 0.4) is 0 Å². The maximum absolute atomic E-state index is 11.6. The molecule has 1 atom stereocenters. The Morgan fingerprint density at radius 1 is 1.70 bits per heavy atom. The first-order valence-electron chi connectivity index (χ1n) is 2.79. The van der Waals surface area contributed by atoms with Crippen molar-refractivity contribution in [3.8, 4) is 0 Å². The number of amides is 1. The lowest BCUT2D eigenvalue weighted by molar-refractivity contribution is 0.0857. The molecule has 0 rings (SSSR count). The van der Waals surface area contributed by atoms with E-state index in [2.05, 4.69) is 0 Å². The van der Waals surface area contributed by atoms with Gasteiger partial charge in [0.15, 0.2) is 0 Å². The van der Waals surface area contributed by atoms with E-state index in [0.717, 1.165) is 0 Å². The van der Waals surface area contributed by atoms with Crippen LogP contribution in [0.2, 0.25) is 0 Å². The number of carboxylic acid groups (broad SMARTS) is 1. The van der Waals surface area contributed by atoms with E-state index in [4.69, 9.17) is 5.11 Å². The molecule has 0 spiro atoms. The van der Waals surface area contributed by atoms with E-state index < -0.39 is 18.4 Å².